The average Bonchev–Trinajstić information content (AvgIpc) is 2.83. The second kappa shape index (κ2) is 5.50. The number of hydrogen-bond donors (Lipinski definition) is 1. The van der Waals surface area contributed by atoms with Crippen LogP contribution in [0.3, 0.4) is 0 Å². The van der Waals surface area contributed by atoms with Gasteiger partial charge in [0.15, 0.2) is 0 Å². The fourth-order valence-electron chi connectivity index (χ4n) is 1.43. The predicted molar refractivity (Wildman–Crippen MR) is 69.9 cm³/mol. The van der Waals surface area contributed by atoms with Crippen molar-refractivity contribution in [3.05, 3.63) is 46.7 Å². The molecule has 1 heterocycles. The number of nitrogens with one attached hydrogen (secondary N) is 1. The highest BCUT2D eigenvalue weighted by atomic mass is 32.1. The van der Waals surface area contributed by atoms with Crippen molar-refractivity contribution in [1.29, 1.82) is 0 Å². The third-order valence-electron chi connectivity index (χ3n) is 2.15. The Kier molecular flexibility index (Phi) is 3.77. The lowest BCUT2D eigenvalue weighted by molar-refractivity contribution is 0.103. The topological polar surface area (TPSA) is 38.3 Å². The van der Waals surface area contributed by atoms with Gasteiger partial charge in [0.1, 0.15) is 5.75 Å². The van der Waals surface area contributed by atoms with E-state index in [-0.39, 0.29) is 5.91 Å². The van der Waals surface area contributed by atoms with Crippen LogP contribution in [0.4, 0.5) is 5.69 Å². The molecule has 0 aliphatic rings. The monoisotopic (exact) mass is 247 g/mol. The summed E-state index contributed by atoms with van der Waals surface area (Å²) in [5.41, 5.74) is 0.745. The van der Waals surface area contributed by atoms with Crippen molar-refractivity contribution in [2.75, 3.05) is 11.9 Å². The Morgan fingerprint density at radius 2 is 2.24 bits per heavy atom. The van der Waals surface area contributed by atoms with Crippen molar-refractivity contribution < 1.29 is 9.53 Å². The number of amides is 1. The highest BCUT2D eigenvalue weighted by Gasteiger charge is 2.06. The first-order chi connectivity index (χ1) is 8.29. The summed E-state index contributed by atoms with van der Waals surface area (Å²) < 4.78 is 5.37. The maximum absolute atomic E-state index is 11.8. The van der Waals surface area contributed by atoms with Crippen LogP contribution in [0.15, 0.2) is 41.8 Å². The van der Waals surface area contributed by atoms with Crippen LogP contribution >= 0.6 is 11.3 Å². The maximum Gasteiger partial charge on any atom is 0.265 e. The number of ether oxygens (including phenoxy) is 1. The molecule has 0 unspecified atom stereocenters. The molecule has 1 aromatic heterocycles. The minimum atomic E-state index is -0.0892. The van der Waals surface area contributed by atoms with Crippen molar-refractivity contribution >= 4 is 22.9 Å². The Balaban J connectivity index is 2.08. The quantitative estimate of drug-likeness (QED) is 0.899. The van der Waals surface area contributed by atoms with Gasteiger partial charge in [-0.3, -0.25) is 4.79 Å². The number of carbonyl (C=O) groups is 1. The Morgan fingerprint density at radius 3 is 2.94 bits per heavy atom. The number of carbonyl (C=O) groups excluding carboxylic acids is 1. The summed E-state index contributed by atoms with van der Waals surface area (Å²) in [7, 11) is 0. The number of hydrogen-bond acceptors (Lipinski definition) is 3. The van der Waals surface area contributed by atoms with E-state index in [0.717, 1.165) is 11.4 Å². The van der Waals surface area contributed by atoms with E-state index in [2.05, 4.69) is 5.32 Å². The van der Waals surface area contributed by atoms with Crippen molar-refractivity contribution in [2.24, 2.45) is 0 Å². The number of rotatable bonds is 4. The van der Waals surface area contributed by atoms with Gasteiger partial charge in [0.25, 0.3) is 5.91 Å². The van der Waals surface area contributed by atoms with E-state index in [1.807, 2.05) is 42.6 Å². The van der Waals surface area contributed by atoms with Crippen LogP contribution in [0.25, 0.3) is 0 Å². The van der Waals surface area contributed by atoms with Crippen LogP contribution in [0.5, 0.6) is 5.75 Å². The van der Waals surface area contributed by atoms with Crippen LogP contribution in [0.2, 0.25) is 0 Å². The molecule has 4 heteroatoms. The van der Waals surface area contributed by atoms with Crippen molar-refractivity contribution in [2.45, 2.75) is 6.92 Å². The van der Waals surface area contributed by atoms with Gasteiger partial charge >= 0.3 is 0 Å². The molecule has 0 saturated heterocycles. The van der Waals surface area contributed by atoms with Crippen molar-refractivity contribution in [3.8, 4) is 5.75 Å². The van der Waals surface area contributed by atoms with Crippen LogP contribution in [-0.2, 0) is 0 Å². The summed E-state index contributed by atoms with van der Waals surface area (Å²) in [4.78, 5) is 12.5. The highest BCUT2D eigenvalue weighted by molar-refractivity contribution is 7.12. The number of thiophene rings is 1. The molecule has 1 aromatic carbocycles. The number of anilines is 1. The lowest BCUT2D eigenvalue weighted by Gasteiger charge is -2.06. The van der Waals surface area contributed by atoms with Gasteiger partial charge in [0, 0.05) is 11.8 Å². The summed E-state index contributed by atoms with van der Waals surface area (Å²) in [5.74, 6) is 0.671. The Bertz CT molecular complexity index is 494. The molecule has 0 spiro atoms. The molecule has 1 N–H and O–H groups in total. The first-order valence-corrected chi connectivity index (χ1v) is 6.25. The van der Waals surface area contributed by atoms with Gasteiger partial charge in [0.05, 0.1) is 11.5 Å². The summed E-state index contributed by atoms with van der Waals surface area (Å²) in [6.07, 6.45) is 0. The average molecular weight is 247 g/mol. The van der Waals surface area contributed by atoms with Gasteiger partial charge in [-0.2, -0.15) is 0 Å². The smallest absolute Gasteiger partial charge is 0.265 e. The second-order valence-corrected chi connectivity index (χ2v) is 4.34. The minimum absolute atomic E-state index is 0.0892. The SMILES string of the molecule is CCOc1cccc(NC(=O)c2cccs2)c1. The molecule has 0 fully saturated rings. The van der Waals surface area contributed by atoms with Gasteiger partial charge in [0.2, 0.25) is 0 Å². The first kappa shape index (κ1) is 11.7. The summed E-state index contributed by atoms with van der Waals surface area (Å²) in [5, 5.41) is 4.72. The molecule has 0 saturated carbocycles. The third kappa shape index (κ3) is 3.07. The molecule has 0 radical (unpaired) electrons. The molecule has 3 nitrogen and oxygen atoms in total. The molecular formula is C13H13NO2S. The zero-order valence-electron chi connectivity index (χ0n) is 9.47. The summed E-state index contributed by atoms with van der Waals surface area (Å²) in [6.45, 7) is 2.54. The molecule has 0 aliphatic heterocycles. The third-order valence-corrected chi connectivity index (χ3v) is 3.02. The Morgan fingerprint density at radius 1 is 1.35 bits per heavy atom. The van der Waals surface area contributed by atoms with Crippen LogP contribution in [0.1, 0.15) is 16.6 Å². The van der Waals surface area contributed by atoms with Gasteiger partial charge in [-0.25, -0.2) is 0 Å². The second-order valence-electron chi connectivity index (χ2n) is 3.39. The van der Waals surface area contributed by atoms with Crippen LogP contribution in [0, 0.1) is 0 Å². The minimum Gasteiger partial charge on any atom is -0.494 e. The molecule has 17 heavy (non-hydrogen) atoms. The Hall–Kier alpha value is -1.81. The summed E-state index contributed by atoms with van der Waals surface area (Å²) in [6, 6.07) is 11.0. The van der Waals surface area contributed by atoms with Gasteiger partial charge in [-0.05, 0) is 30.5 Å². The van der Waals surface area contributed by atoms with Crippen molar-refractivity contribution in [3.63, 3.8) is 0 Å². The molecule has 0 atom stereocenters. The van der Waals surface area contributed by atoms with Crippen LogP contribution < -0.4 is 10.1 Å². The molecule has 2 aromatic rings. The van der Waals surface area contributed by atoms with E-state index in [9.17, 15) is 4.79 Å². The molecule has 1 amide bonds. The normalized spacial score (nSPS) is 9.94. The lowest BCUT2D eigenvalue weighted by Crippen LogP contribution is -2.10. The Labute approximate surface area is 104 Å². The van der Waals surface area contributed by atoms with E-state index in [4.69, 9.17) is 4.74 Å². The highest BCUT2D eigenvalue weighted by Crippen LogP contribution is 2.19. The first-order valence-electron chi connectivity index (χ1n) is 5.37. The number of benzene rings is 1. The zero-order chi connectivity index (χ0) is 12.1. The molecule has 88 valence electrons. The van der Waals surface area contributed by atoms with Crippen LogP contribution in [-0.4, -0.2) is 12.5 Å². The predicted octanol–water partition coefficient (Wildman–Crippen LogP) is 3.40. The lowest BCUT2D eigenvalue weighted by atomic mass is 10.3. The fourth-order valence-corrected chi connectivity index (χ4v) is 2.05. The summed E-state index contributed by atoms with van der Waals surface area (Å²) >= 11 is 1.42. The molecule has 0 bridgehead atoms. The largest absolute Gasteiger partial charge is 0.494 e. The van der Waals surface area contributed by atoms with E-state index in [0.29, 0.717) is 11.5 Å². The standard InChI is InChI=1S/C13H13NO2S/c1-2-16-11-6-3-5-10(9-11)14-13(15)12-7-4-8-17-12/h3-9H,2H2,1H3,(H,14,15). The maximum atomic E-state index is 11.8. The molecule has 2 rings (SSSR count). The molecular weight excluding hydrogens is 234 g/mol. The van der Waals surface area contributed by atoms with E-state index in [1.54, 1.807) is 6.07 Å². The van der Waals surface area contributed by atoms with Gasteiger partial charge in [-0.1, -0.05) is 12.1 Å². The van der Waals surface area contributed by atoms with Gasteiger partial charge < -0.3 is 10.1 Å². The van der Waals surface area contributed by atoms with Gasteiger partial charge in [-0.15, -0.1) is 11.3 Å². The fraction of sp³-hybridized carbons (Fsp3) is 0.154. The molecule has 0 aliphatic carbocycles. The van der Waals surface area contributed by atoms with Crippen molar-refractivity contribution in [1.82, 2.24) is 0 Å². The van der Waals surface area contributed by atoms with E-state index in [1.165, 1.54) is 11.3 Å². The zero-order valence-corrected chi connectivity index (χ0v) is 10.3. The van der Waals surface area contributed by atoms with E-state index >= 15 is 0 Å². The van der Waals surface area contributed by atoms with E-state index < -0.39 is 0 Å².